The van der Waals surface area contributed by atoms with Gasteiger partial charge >= 0.3 is 5.97 Å². The summed E-state index contributed by atoms with van der Waals surface area (Å²) in [6.45, 7) is 7.15. The molecule has 1 aromatic rings. The lowest BCUT2D eigenvalue weighted by Gasteiger charge is -2.35. The Bertz CT molecular complexity index is 517. The van der Waals surface area contributed by atoms with Crippen LogP contribution in [0.1, 0.15) is 54.5 Å². The van der Waals surface area contributed by atoms with Crippen molar-refractivity contribution in [3.63, 3.8) is 0 Å². The molecule has 1 fully saturated rings. The highest BCUT2D eigenvalue weighted by Crippen LogP contribution is 2.33. The SMILES string of the molecule is CC(C)(C)C1CCCN1C(=O)c1ccc(C(=O)O)nc1. The quantitative estimate of drug-likeness (QED) is 0.900. The van der Waals surface area contributed by atoms with Crippen molar-refractivity contribution in [3.8, 4) is 0 Å². The zero-order valence-corrected chi connectivity index (χ0v) is 12.1. The molecular weight excluding hydrogens is 256 g/mol. The van der Waals surface area contributed by atoms with Gasteiger partial charge in [-0.05, 0) is 30.4 Å². The van der Waals surface area contributed by atoms with E-state index in [0.29, 0.717) is 5.56 Å². The van der Waals surface area contributed by atoms with E-state index in [2.05, 4.69) is 25.8 Å². The molecule has 1 saturated heterocycles. The topological polar surface area (TPSA) is 70.5 Å². The number of aromatic carboxylic acids is 1. The Kier molecular flexibility index (Phi) is 3.79. The van der Waals surface area contributed by atoms with E-state index in [-0.39, 0.29) is 23.1 Å². The summed E-state index contributed by atoms with van der Waals surface area (Å²) in [6, 6.07) is 3.13. The molecule has 1 atom stereocenters. The van der Waals surface area contributed by atoms with E-state index in [1.165, 1.54) is 18.3 Å². The zero-order valence-electron chi connectivity index (χ0n) is 12.1. The molecule has 1 aliphatic rings. The lowest BCUT2D eigenvalue weighted by molar-refractivity contribution is 0.0623. The lowest BCUT2D eigenvalue weighted by Crippen LogP contribution is -2.43. The van der Waals surface area contributed by atoms with Crippen LogP contribution in [-0.4, -0.2) is 39.5 Å². The van der Waals surface area contributed by atoms with Gasteiger partial charge in [0.15, 0.2) is 0 Å². The Morgan fingerprint density at radius 1 is 1.35 bits per heavy atom. The van der Waals surface area contributed by atoms with Gasteiger partial charge in [-0.2, -0.15) is 0 Å². The smallest absolute Gasteiger partial charge is 0.354 e. The maximum Gasteiger partial charge on any atom is 0.354 e. The molecule has 1 amide bonds. The highest BCUT2D eigenvalue weighted by Gasteiger charge is 2.37. The van der Waals surface area contributed by atoms with E-state index in [1.807, 2.05) is 4.90 Å². The monoisotopic (exact) mass is 276 g/mol. The largest absolute Gasteiger partial charge is 0.477 e. The Morgan fingerprint density at radius 2 is 2.05 bits per heavy atom. The summed E-state index contributed by atoms with van der Waals surface area (Å²) in [5.41, 5.74) is 0.446. The van der Waals surface area contributed by atoms with Crippen molar-refractivity contribution in [1.29, 1.82) is 0 Å². The maximum atomic E-state index is 12.5. The van der Waals surface area contributed by atoms with Gasteiger partial charge in [0.25, 0.3) is 5.91 Å². The zero-order chi connectivity index (χ0) is 14.9. The van der Waals surface area contributed by atoms with Crippen LogP contribution in [0, 0.1) is 5.41 Å². The Hall–Kier alpha value is -1.91. The summed E-state index contributed by atoms with van der Waals surface area (Å²) >= 11 is 0. The number of carboxylic acids is 1. The van der Waals surface area contributed by atoms with Crippen LogP contribution in [0.3, 0.4) is 0 Å². The van der Waals surface area contributed by atoms with Crippen molar-refractivity contribution in [2.24, 2.45) is 5.41 Å². The van der Waals surface area contributed by atoms with E-state index in [4.69, 9.17) is 5.11 Å². The standard InChI is InChI=1S/C15H20N2O3/c1-15(2,3)12-5-4-8-17(12)13(18)10-6-7-11(14(19)20)16-9-10/h6-7,9,12H,4-5,8H2,1-3H3,(H,19,20). The number of hydrogen-bond acceptors (Lipinski definition) is 3. The third kappa shape index (κ3) is 2.81. The summed E-state index contributed by atoms with van der Waals surface area (Å²) in [7, 11) is 0. The third-order valence-corrected chi connectivity index (χ3v) is 3.74. The second-order valence-corrected chi connectivity index (χ2v) is 6.26. The van der Waals surface area contributed by atoms with Gasteiger partial charge in [-0.15, -0.1) is 0 Å². The van der Waals surface area contributed by atoms with E-state index in [0.717, 1.165) is 19.4 Å². The van der Waals surface area contributed by atoms with Crippen molar-refractivity contribution in [2.45, 2.75) is 39.7 Å². The number of carbonyl (C=O) groups is 2. The van der Waals surface area contributed by atoms with E-state index < -0.39 is 5.97 Å². The fraction of sp³-hybridized carbons (Fsp3) is 0.533. The minimum absolute atomic E-state index is 0.0423. The number of amides is 1. The van der Waals surface area contributed by atoms with Crippen LogP contribution in [-0.2, 0) is 0 Å². The van der Waals surface area contributed by atoms with Crippen LogP contribution in [0.5, 0.6) is 0 Å². The summed E-state index contributed by atoms with van der Waals surface area (Å²) in [5.74, 6) is -1.15. The fourth-order valence-electron chi connectivity index (χ4n) is 2.72. The maximum absolute atomic E-state index is 12.5. The van der Waals surface area contributed by atoms with Gasteiger partial charge in [0.2, 0.25) is 0 Å². The van der Waals surface area contributed by atoms with E-state index in [1.54, 1.807) is 0 Å². The molecule has 0 aromatic carbocycles. The Balaban J connectivity index is 2.20. The average molecular weight is 276 g/mol. The first kappa shape index (κ1) is 14.5. The molecule has 0 spiro atoms. The number of nitrogens with zero attached hydrogens (tertiary/aromatic N) is 2. The predicted octanol–water partition coefficient (Wildman–Crippen LogP) is 2.43. The molecule has 2 rings (SSSR count). The van der Waals surface area contributed by atoms with Gasteiger partial charge in [-0.1, -0.05) is 20.8 Å². The number of carbonyl (C=O) groups excluding carboxylic acids is 1. The summed E-state index contributed by atoms with van der Waals surface area (Å²) in [4.78, 5) is 29.0. The van der Waals surface area contributed by atoms with Crippen molar-refractivity contribution in [2.75, 3.05) is 6.54 Å². The van der Waals surface area contributed by atoms with Gasteiger partial charge in [0.1, 0.15) is 5.69 Å². The normalized spacial score (nSPS) is 19.1. The molecule has 5 nitrogen and oxygen atoms in total. The molecule has 1 aromatic heterocycles. The molecule has 1 unspecified atom stereocenters. The first-order chi connectivity index (χ1) is 9.30. The molecule has 5 heteroatoms. The van der Waals surface area contributed by atoms with Gasteiger partial charge < -0.3 is 10.0 Å². The van der Waals surface area contributed by atoms with Crippen LogP contribution in [0.2, 0.25) is 0 Å². The van der Waals surface area contributed by atoms with Crippen LogP contribution in [0.4, 0.5) is 0 Å². The highest BCUT2D eigenvalue weighted by atomic mass is 16.4. The second kappa shape index (κ2) is 5.23. The molecule has 1 N–H and O–H groups in total. The minimum Gasteiger partial charge on any atom is -0.477 e. The lowest BCUT2D eigenvalue weighted by atomic mass is 9.85. The van der Waals surface area contributed by atoms with Gasteiger partial charge in [-0.25, -0.2) is 9.78 Å². The summed E-state index contributed by atoms with van der Waals surface area (Å²) < 4.78 is 0. The molecule has 108 valence electrons. The first-order valence-corrected chi connectivity index (χ1v) is 6.81. The van der Waals surface area contributed by atoms with Gasteiger partial charge in [-0.3, -0.25) is 4.79 Å². The van der Waals surface area contributed by atoms with Gasteiger partial charge in [0, 0.05) is 18.8 Å². The third-order valence-electron chi connectivity index (χ3n) is 3.74. The van der Waals surface area contributed by atoms with Crippen LogP contribution in [0.25, 0.3) is 0 Å². The summed E-state index contributed by atoms with van der Waals surface area (Å²) in [6.07, 6.45) is 3.37. The van der Waals surface area contributed by atoms with Crippen LogP contribution < -0.4 is 0 Å². The predicted molar refractivity (Wildman–Crippen MR) is 74.7 cm³/mol. The molecule has 2 heterocycles. The Labute approximate surface area is 118 Å². The number of likely N-dealkylation sites (tertiary alicyclic amines) is 1. The van der Waals surface area contributed by atoms with E-state index >= 15 is 0 Å². The molecule has 1 aliphatic heterocycles. The van der Waals surface area contributed by atoms with Crippen molar-refractivity contribution >= 4 is 11.9 Å². The number of aromatic nitrogens is 1. The average Bonchev–Trinajstić information content (AvgIpc) is 2.87. The molecule has 20 heavy (non-hydrogen) atoms. The van der Waals surface area contributed by atoms with Crippen molar-refractivity contribution in [3.05, 3.63) is 29.6 Å². The van der Waals surface area contributed by atoms with Crippen molar-refractivity contribution in [1.82, 2.24) is 9.88 Å². The number of carboxylic acid groups (broad SMARTS) is 1. The van der Waals surface area contributed by atoms with E-state index in [9.17, 15) is 9.59 Å². The van der Waals surface area contributed by atoms with Crippen LogP contribution in [0.15, 0.2) is 18.3 Å². The highest BCUT2D eigenvalue weighted by molar-refractivity contribution is 5.95. The number of hydrogen-bond donors (Lipinski definition) is 1. The molecule has 0 bridgehead atoms. The fourth-order valence-corrected chi connectivity index (χ4v) is 2.72. The minimum atomic E-state index is -1.09. The molecule has 0 aliphatic carbocycles. The molecule has 0 radical (unpaired) electrons. The molecular formula is C15H20N2O3. The number of pyridine rings is 1. The second-order valence-electron chi connectivity index (χ2n) is 6.26. The van der Waals surface area contributed by atoms with Crippen LogP contribution >= 0.6 is 0 Å². The Morgan fingerprint density at radius 3 is 2.55 bits per heavy atom. The first-order valence-electron chi connectivity index (χ1n) is 6.81. The van der Waals surface area contributed by atoms with Gasteiger partial charge in [0.05, 0.1) is 5.56 Å². The summed E-state index contributed by atoms with van der Waals surface area (Å²) in [5, 5.41) is 8.82. The molecule has 0 saturated carbocycles. The number of rotatable bonds is 2. The van der Waals surface area contributed by atoms with Crippen molar-refractivity contribution < 1.29 is 14.7 Å².